The minimum absolute atomic E-state index is 0.141. The molecule has 3 aromatic rings. The van der Waals surface area contributed by atoms with Gasteiger partial charge >= 0.3 is 0 Å². The predicted octanol–water partition coefficient (Wildman–Crippen LogP) is 3.91. The van der Waals surface area contributed by atoms with Crippen LogP contribution >= 0.6 is 0 Å². The second-order valence-corrected chi connectivity index (χ2v) is 5.75. The highest BCUT2D eigenvalue weighted by Crippen LogP contribution is 2.28. The Labute approximate surface area is 145 Å². The van der Waals surface area contributed by atoms with E-state index in [9.17, 15) is 15.0 Å². The van der Waals surface area contributed by atoms with E-state index < -0.39 is 17.3 Å². The van der Waals surface area contributed by atoms with E-state index in [4.69, 9.17) is 4.42 Å². The monoisotopic (exact) mass is 334 g/mol. The third-order valence-corrected chi connectivity index (χ3v) is 3.84. The van der Waals surface area contributed by atoms with Gasteiger partial charge in [0, 0.05) is 6.07 Å². The van der Waals surface area contributed by atoms with Crippen LogP contribution < -0.4 is 5.43 Å². The number of aliphatic hydroxyl groups excluding tert-OH is 1. The molecular formula is C21H18O4. The van der Waals surface area contributed by atoms with Crippen molar-refractivity contribution in [3.8, 4) is 5.75 Å². The summed E-state index contributed by atoms with van der Waals surface area (Å²) in [7, 11) is 0. The van der Waals surface area contributed by atoms with E-state index in [1.165, 1.54) is 6.07 Å². The molecule has 126 valence electrons. The smallest absolute Gasteiger partial charge is 0.227 e. The first kappa shape index (κ1) is 16.7. The van der Waals surface area contributed by atoms with Crippen molar-refractivity contribution in [1.29, 1.82) is 0 Å². The summed E-state index contributed by atoms with van der Waals surface area (Å²) in [6.45, 7) is 1.59. The molecule has 0 bridgehead atoms. The molecule has 0 aliphatic heterocycles. The van der Waals surface area contributed by atoms with Gasteiger partial charge in [-0.3, -0.25) is 4.79 Å². The quantitative estimate of drug-likeness (QED) is 0.710. The van der Waals surface area contributed by atoms with Crippen LogP contribution in [0.3, 0.4) is 0 Å². The molecule has 0 radical (unpaired) electrons. The van der Waals surface area contributed by atoms with Crippen LogP contribution in [0.15, 0.2) is 69.9 Å². The minimum atomic E-state index is -1.21. The molecule has 2 aromatic carbocycles. The van der Waals surface area contributed by atoms with Gasteiger partial charge in [-0.1, -0.05) is 66.7 Å². The normalized spacial score (nSPS) is 12.4. The number of benzene rings is 2. The lowest BCUT2D eigenvalue weighted by Crippen LogP contribution is -2.08. The summed E-state index contributed by atoms with van der Waals surface area (Å²) in [4.78, 5) is 11.6. The molecule has 4 heteroatoms. The lowest BCUT2D eigenvalue weighted by molar-refractivity contribution is 0.176. The van der Waals surface area contributed by atoms with Crippen molar-refractivity contribution in [2.75, 3.05) is 0 Å². The Morgan fingerprint density at radius 1 is 0.960 bits per heavy atom. The van der Waals surface area contributed by atoms with E-state index >= 15 is 0 Å². The van der Waals surface area contributed by atoms with Crippen LogP contribution in [-0.4, -0.2) is 10.2 Å². The topological polar surface area (TPSA) is 70.7 Å². The number of hydrogen-bond acceptors (Lipinski definition) is 4. The van der Waals surface area contributed by atoms with Crippen molar-refractivity contribution in [2.24, 2.45) is 0 Å². The molecule has 1 unspecified atom stereocenters. The first-order chi connectivity index (χ1) is 12.0. The number of aromatic hydroxyl groups is 1. The highest BCUT2D eigenvalue weighted by atomic mass is 16.4. The zero-order chi connectivity index (χ0) is 17.8. The molecule has 1 atom stereocenters. The SMILES string of the molecule is Cc1cc(=O)c(O)c(C(O)c2ccc(/C=C/c3ccccc3)cc2)o1. The Morgan fingerprint density at radius 2 is 1.56 bits per heavy atom. The van der Waals surface area contributed by atoms with Crippen molar-refractivity contribution < 1.29 is 14.6 Å². The first-order valence-corrected chi connectivity index (χ1v) is 7.89. The van der Waals surface area contributed by atoms with E-state index in [0.29, 0.717) is 11.3 Å². The van der Waals surface area contributed by atoms with E-state index in [2.05, 4.69) is 0 Å². The van der Waals surface area contributed by atoms with Gasteiger partial charge in [0.2, 0.25) is 11.2 Å². The second-order valence-electron chi connectivity index (χ2n) is 5.75. The highest BCUT2D eigenvalue weighted by molar-refractivity contribution is 5.69. The lowest BCUT2D eigenvalue weighted by atomic mass is 10.0. The van der Waals surface area contributed by atoms with Crippen molar-refractivity contribution >= 4 is 12.2 Å². The fraction of sp³-hybridized carbons (Fsp3) is 0.0952. The first-order valence-electron chi connectivity index (χ1n) is 7.89. The number of rotatable bonds is 4. The van der Waals surface area contributed by atoms with Crippen LogP contribution in [0.5, 0.6) is 5.75 Å². The molecule has 0 saturated heterocycles. The highest BCUT2D eigenvalue weighted by Gasteiger charge is 2.20. The molecule has 1 aromatic heterocycles. The van der Waals surface area contributed by atoms with Crippen LogP contribution in [0, 0.1) is 6.92 Å². The van der Waals surface area contributed by atoms with E-state index in [0.717, 1.165) is 11.1 Å². The zero-order valence-electron chi connectivity index (χ0n) is 13.7. The van der Waals surface area contributed by atoms with Gasteiger partial charge in [-0.15, -0.1) is 0 Å². The maximum Gasteiger partial charge on any atom is 0.227 e. The molecular weight excluding hydrogens is 316 g/mol. The van der Waals surface area contributed by atoms with Crippen LogP contribution in [0.4, 0.5) is 0 Å². The van der Waals surface area contributed by atoms with Gasteiger partial charge in [-0.25, -0.2) is 0 Å². The van der Waals surface area contributed by atoms with Crippen molar-refractivity contribution in [1.82, 2.24) is 0 Å². The number of aryl methyl sites for hydroxylation is 1. The van der Waals surface area contributed by atoms with Crippen molar-refractivity contribution in [3.05, 3.63) is 99.1 Å². The Balaban J connectivity index is 1.83. The second kappa shape index (κ2) is 7.20. The summed E-state index contributed by atoms with van der Waals surface area (Å²) in [6.07, 6.45) is 2.76. The van der Waals surface area contributed by atoms with Gasteiger partial charge in [-0.05, 0) is 23.6 Å². The Kier molecular flexibility index (Phi) is 4.82. The summed E-state index contributed by atoms with van der Waals surface area (Å²) in [5.74, 6) is -0.372. The molecule has 3 rings (SSSR count). The largest absolute Gasteiger partial charge is 0.502 e. The molecule has 0 amide bonds. The van der Waals surface area contributed by atoms with E-state index in [-0.39, 0.29) is 5.76 Å². The summed E-state index contributed by atoms with van der Waals surface area (Å²) in [5.41, 5.74) is 2.02. The maximum atomic E-state index is 11.6. The minimum Gasteiger partial charge on any atom is -0.502 e. The Hall–Kier alpha value is -3.11. The molecule has 2 N–H and O–H groups in total. The lowest BCUT2D eigenvalue weighted by Gasteiger charge is -2.12. The summed E-state index contributed by atoms with van der Waals surface area (Å²) in [6, 6.07) is 18.3. The maximum absolute atomic E-state index is 11.6. The number of hydrogen-bond donors (Lipinski definition) is 2. The average Bonchev–Trinajstić information content (AvgIpc) is 2.63. The van der Waals surface area contributed by atoms with Gasteiger partial charge < -0.3 is 14.6 Å². The standard InChI is InChI=1S/C21H18O4/c1-14-13-18(22)20(24)21(25-14)19(23)17-11-9-16(10-12-17)8-7-15-5-3-2-4-6-15/h2-13,19,23-24H,1H3/b8-7+. The fourth-order valence-electron chi connectivity index (χ4n) is 2.51. The molecule has 4 nitrogen and oxygen atoms in total. The molecule has 0 aliphatic carbocycles. The zero-order valence-corrected chi connectivity index (χ0v) is 13.7. The van der Waals surface area contributed by atoms with E-state index in [1.807, 2.05) is 54.6 Å². The molecule has 1 heterocycles. The van der Waals surface area contributed by atoms with E-state index in [1.54, 1.807) is 19.1 Å². The molecule has 0 spiro atoms. The third kappa shape index (κ3) is 3.87. The van der Waals surface area contributed by atoms with Gasteiger partial charge in [0.25, 0.3) is 0 Å². The van der Waals surface area contributed by atoms with Gasteiger partial charge in [0.1, 0.15) is 11.9 Å². The molecule has 0 fully saturated rings. The summed E-state index contributed by atoms with van der Waals surface area (Å²) < 4.78 is 5.33. The Bertz CT molecular complexity index is 938. The predicted molar refractivity (Wildman–Crippen MR) is 97.3 cm³/mol. The number of aliphatic hydroxyl groups is 1. The molecule has 0 aliphatic rings. The van der Waals surface area contributed by atoms with Gasteiger partial charge in [0.15, 0.2) is 5.76 Å². The van der Waals surface area contributed by atoms with Crippen LogP contribution in [0.1, 0.15) is 34.3 Å². The third-order valence-electron chi connectivity index (χ3n) is 3.84. The summed E-state index contributed by atoms with van der Waals surface area (Å²) in [5, 5.41) is 20.3. The molecule has 25 heavy (non-hydrogen) atoms. The molecule has 0 saturated carbocycles. The van der Waals surface area contributed by atoms with Crippen molar-refractivity contribution in [3.63, 3.8) is 0 Å². The van der Waals surface area contributed by atoms with Crippen LogP contribution in [0.25, 0.3) is 12.2 Å². The van der Waals surface area contributed by atoms with Crippen molar-refractivity contribution in [2.45, 2.75) is 13.0 Å². The fourth-order valence-corrected chi connectivity index (χ4v) is 2.51. The Morgan fingerprint density at radius 3 is 2.20 bits per heavy atom. The van der Waals surface area contributed by atoms with Gasteiger partial charge in [-0.2, -0.15) is 0 Å². The van der Waals surface area contributed by atoms with Crippen LogP contribution in [-0.2, 0) is 0 Å². The summed E-state index contributed by atoms with van der Waals surface area (Å²) >= 11 is 0. The average molecular weight is 334 g/mol. The van der Waals surface area contributed by atoms with Gasteiger partial charge in [0.05, 0.1) is 0 Å². The van der Waals surface area contributed by atoms with Crippen LogP contribution in [0.2, 0.25) is 0 Å².